The van der Waals surface area contributed by atoms with E-state index in [1.807, 2.05) is 6.07 Å². The first-order valence-corrected chi connectivity index (χ1v) is 14.3. The van der Waals surface area contributed by atoms with Crippen molar-refractivity contribution in [2.24, 2.45) is 10.8 Å². The molecule has 9 nitrogen and oxygen atoms in total. The highest BCUT2D eigenvalue weighted by Gasteiger charge is 2.65. The number of fused-ring (bicyclic) bond motifs is 2. The van der Waals surface area contributed by atoms with E-state index in [0.29, 0.717) is 49.2 Å². The summed E-state index contributed by atoms with van der Waals surface area (Å²) in [6, 6.07) is 15.6. The zero-order valence-electron chi connectivity index (χ0n) is 23.7. The molecule has 0 fully saturated rings. The zero-order chi connectivity index (χ0) is 30.9. The monoisotopic (exact) mass is 601 g/mol. The van der Waals surface area contributed by atoms with Crippen LogP contribution in [-0.2, 0) is 23.3 Å². The Balaban J connectivity index is 1.33. The van der Waals surface area contributed by atoms with Crippen LogP contribution in [0.5, 0.6) is 0 Å². The molecule has 0 spiro atoms. The lowest BCUT2D eigenvalue weighted by Gasteiger charge is -2.41. The summed E-state index contributed by atoms with van der Waals surface area (Å²) in [6.45, 7) is 1.21. The Bertz CT molecular complexity index is 1710. The van der Waals surface area contributed by atoms with Crippen LogP contribution in [0.25, 0.3) is 10.9 Å². The number of halogens is 3. The first-order chi connectivity index (χ1) is 21.2. The van der Waals surface area contributed by atoms with Gasteiger partial charge < -0.3 is 16.0 Å². The third kappa shape index (κ3) is 5.25. The molecular weight excluding hydrogens is 571 g/mol. The first-order valence-electron chi connectivity index (χ1n) is 14.3. The molecule has 0 bridgehead atoms. The molecular formula is C32H30F3N7O2. The molecule has 226 valence electrons. The van der Waals surface area contributed by atoms with Crippen molar-refractivity contribution in [3.63, 3.8) is 0 Å². The molecule has 0 saturated heterocycles. The second-order valence-corrected chi connectivity index (χ2v) is 10.9. The number of hydrazone groups is 1. The Morgan fingerprint density at radius 3 is 2.52 bits per heavy atom. The Morgan fingerprint density at radius 2 is 1.77 bits per heavy atom. The number of urea groups is 1. The fraction of sp³-hybridized carbons (Fsp3) is 0.281. The quantitative estimate of drug-likeness (QED) is 0.277. The number of hydrogen-bond donors (Lipinski definition) is 2. The molecule has 1 atom stereocenters. The number of alkyl halides is 3. The van der Waals surface area contributed by atoms with Crippen LogP contribution in [0.2, 0.25) is 0 Å². The van der Waals surface area contributed by atoms with E-state index in [4.69, 9.17) is 5.73 Å². The summed E-state index contributed by atoms with van der Waals surface area (Å²) in [4.78, 5) is 36.8. The molecule has 4 heterocycles. The minimum Gasteiger partial charge on any atom is -0.330 e. The number of nitrogens with zero attached hydrogens (tertiary/aromatic N) is 5. The molecule has 3 N–H and O–H groups in total. The summed E-state index contributed by atoms with van der Waals surface area (Å²) in [5, 5.41) is 8.48. The topological polar surface area (TPSA) is 117 Å². The van der Waals surface area contributed by atoms with Gasteiger partial charge in [0.25, 0.3) is 5.91 Å². The molecule has 12 heteroatoms. The van der Waals surface area contributed by atoms with Crippen LogP contribution in [-0.4, -0.2) is 56.8 Å². The summed E-state index contributed by atoms with van der Waals surface area (Å²) < 4.78 is 46.1. The van der Waals surface area contributed by atoms with E-state index in [0.717, 1.165) is 16.1 Å². The van der Waals surface area contributed by atoms with Crippen molar-refractivity contribution in [2.75, 3.05) is 18.4 Å². The predicted octanol–water partition coefficient (Wildman–Crippen LogP) is 5.35. The fourth-order valence-corrected chi connectivity index (χ4v) is 5.86. The van der Waals surface area contributed by atoms with Gasteiger partial charge in [-0.3, -0.25) is 14.8 Å². The minimum absolute atomic E-state index is 0.0116. The summed E-state index contributed by atoms with van der Waals surface area (Å²) in [6.07, 6.45) is 0.207. The largest absolute Gasteiger partial charge is 0.407 e. The lowest BCUT2D eigenvalue weighted by atomic mass is 9.71. The molecule has 0 unspecified atom stereocenters. The predicted molar refractivity (Wildman–Crippen MR) is 160 cm³/mol. The molecule has 4 aromatic rings. The van der Waals surface area contributed by atoms with Gasteiger partial charge in [-0.25, -0.2) is 9.80 Å². The lowest BCUT2D eigenvalue weighted by Crippen LogP contribution is -2.58. The van der Waals surface area contributed by atoms with Gasteiger partial charge in [0, 0.05) is 55.7 Å². The average molecular weight is 602 g/mol. The van der Waals surface area contributed by atoms with Crippen molar-refractivity contribution in [3.05, 3.63) is 102 Å². The number of nitrogens with two attached hydrogens (primary N) is 1. The highest BCUT2D eigenvalue weighted by molar-refractivity contribution is 6.09. The van der Waals surface area contributed by atoms with Crippen LogP contribution >= 0.6 is 0 Å². The van der Waals surface area contributed by atoms with Gasteiger partial charge in [-0.05, 0) is 72.0 Å². The number of benzene rings is 2. The van der Waals surface area contributed by atoms with Crippen LogP contribution in [0.1, 0.15) is 41.5 Å². The Morgan fingerprint density at radius 1 is 0.977 bits per heavy atom. The van der Waals surface area contributed by atoms with Crippen LogP contribution in [0, 0.1) is 0 Å². The molecule has 2 aromatic carbocycles. The van der Waals surface area contributed by atoms with E-state index in [-0.39, 0.29) is 29.2 Å². The Kier molecular flexibility index (Phi) is 7.76. The van der Waals surface area contributed by atoms with Crippen LogP contribution < -0.4 is 11.1 Å². The molecule has 2 aliphatic heterocycles. The van der Waals surface area contributed by atoms with Crippen molar-refractivity contribution in [1.29, 1.82) is 0 Å². The van der Waals surface area contributed by atoms with Crippen molar-refractivity contribution < 1.29 is 22.8 Å². The van der Waals surface area contributed by atoms with Gasteiger partial charge in [-0.1, -0.05) is 30.3 Å². The van der Waals surface area contributed by atoms with E-state index in [2.05, 4.69) is 20.4 Å². The number of nitrogens with one attached hydrogen (secondary N) is 1. The van der Waals surface area contributed by atoms with E-state index in [9.17, 15) is 9.59 Å². The normalized spacial score (nSPS) is 18.4. The van der Waals surface area contributed by atoms with E-state index in [1.165, 1.54) is 18.3 Å². The average Bonchev–Trinajstić information content (AvgIpc) is 3.46. The van der Waals surface area contributed by atoms with Gasteiger partial charge in [0.05, 0.1) is 11.2 Å². The van der Waals surface area contributed by atoms with Gasteiger partial charge >= 0.3 is 12.2 Å². The molecule has 6 rings (SSSR count). The Labute approximate surface area is 251 Å². The van der Waals surface area contributed by atoms with E-state index in [1.54, 1.807) is 59.8 Å². The summed E-state index contributed by atoms with van der Waals surface area (Å²) in [5.41, 5.74) is 5.93. The second-order valence-electron chi connectivity index (χ2n) is 10.9. The SMILES string of the molecule is NCCCCN1N=C(c2ccc(NC(=O)N3Cc4ccncc4C3)cc2)C[C@](c2cccc3ncccc23)(C(F)(F)F)C1=O. The molecule has 3 amide bonds. The van der Waals surface area contributed by atoms with Gasteiger partial charge in [0.1, 0.15) is 0 Å². The maximum absolute atomic E-state index is 15.4. The van der Waals surface area contributed by atoms with Crippen molar-refractivity contribution in [3.8, 4) is 0 Å². The summed E-state index contributed by atoms with van der Waals surface area (Å²) >= 11 is 0. The summed E-state index contributed by atoms with van der Waals surface area (Å²) in [7, 11) is 0. The third-order valence-electron chi connectivity index (χ3n) is 8.17. The number of aromatic nitrogens is 2. The molecule has 0 radical (unpaired) electrons. The number of unbranched alkanes of at least 4 members (excludes halogenated alkanes) is 1. The molecule has 0 aliphatic carbocycles. The lowest BCUT2D eigenvalue weighted by molar-refractivity contribution is -0.201. The summed E-state index contributed by atoms with van der Waals surface area (Å²) in [5.74, 6) is -1.13. The molecule has 2 aliphatic rings. The number of carbonyl (C=O) groups excluding carboxylic acids is 2. The maximum Gasteiger partial charge on any atom is 0.407 e. The zero-order valence-corrected chi connectivity index (χ0v) is 23.7. The van der Waals surface area contributed by atoms with Crippen LogP contribution in [0.15, 0.2) is 84.4 Å². The van der Waals surface area contributed by atoms with E-state index < -0.39 is 23.9 Å². The first kappa shape index (κ1) is 29.2. The number of amides is 3. The second kappa shape index (κ2) is 11.7. The highest BCUT2D eigenvalue weighted by atomic mass is 19.4. The molecule has 2 aromatic heterocycles. The van der Waals surface area contributed by atoms with Gasteiger partial charge in [0.15, 0.2) is 5.41 Å². The maximum atomic E-state index is 15.4. The van der Waals surface area contributed by atoms with Crippen LogP contribution in [0.3, 0.4) is 0 Å². The van der Waals surface area contributed by atoms with Gasteiger partial charge in [0.2, 0.25) is 0 Å². The van der Waals surface area contributed by atoms with Gasteiger partial charge in [-0.15, -0.1) is 0 Å². The minimum atomic E-state index is -4.95. The smallest absolute Gasteiger partial charge is 0.330 e. The molecule has 44 heavy (non-hydrogen) atoms. The van der Waals surface area contributed by atoms with E-state index >= 15 is 13.2 Å². The number of hydrogen-bond acceptors (Lipinski definition) is 6. The van der Waals surface area contributed by atoms with Crippen molar-refractivity contribution >= 4 is 34.2 Å². The highest BCUT2D eigenvalue weighted by Crippen LogP contribution is 2.49. The fourth-order valence-electron chi connectivity index (χ4n) is 5.86. The standard InChI is InChI=1S/C32H30F3N7O2/c33-32(34,35)31(26-6-3-7-27-25(26)5-4-14-38-27)17-28(40-42(29(31)43)16-2-1-13-36)21-8-10-24(11-9-21)39-30(44)41-19-22-12-15-37-18-23(22)20-41/h3-12,14-15,18H,1-2,13,16-17,19-20,36H2,(H,39,44)/t31-/m1/s1. The third-order valence-corrected chi connectivity index (χ3v) is 8.17. The van der Waals surface area contributed by atoms with Crippen molar-refractivity contribution in [2.45, 2.75) is 43.9 Å². The van der Waals surface area contributed by atoms with Crippen LogP contribution in [0.4, 0.5) is 23.7 Å². The molecule has 0 saturated carbocycles. The number of carbonyl (C=O) groups is 2. The van der Waals surface area contributed by atoms with Crippen molar-refractivity contribution in [1.82, 2.24) is 19.9 Å². The van der Waals surface area contributed by atoms with Gasteiger partial charge in [-0.2, -0.15) is 18.3 Å². The number of anilines is 1. The number of pyridine rings is 2. The Hall–Kier alpha value is -4.84. The number of rotatable bonds is 7.